The molecule has 3 N–H and O–H groups in total. The molecule has 104 heavy (non-hydrogen) atoms. The number of aliphatic hydroxyl groups is 1. The predicted molar refractivity (Wildman–Crippen MR) is 426 cm³/mol. The van der Waals surface area contributed by atoms with Gasteiger partial charge in [-0.3, -0.25) is 37.3 Å². The number of phosphoric ester groups is 2. The van der Waals surface area contributed by atoms with Gasteiger partial charge in [-0.25, -0.2) is 9.13 Å². The Morgan fingerprint density at radius 1 is 0.279 bits per heavy atom. The zero-order valence-electron chi connectivity index (χ0n) is 63.6. The highest BCUT2D eigenvalue weighted by Gasteiger charge is 2.30. The number of ether oxygens (including phenoxy) is 4. The molecule has 0 radical (unpaired) electrons. The molecular formula is C85H132O17P2. The topological polar surface area (TPSA) is 237 Å². The van der Waals surface area contributed by atoms with Gasteiger partial charge in [-0.05, 0) is 161 Å². The van der Waals surface area contributed by atoms with Gasteiger partial charge in [0.15, 0.2) is 12.2 Å². The first-order valence-corrected chi connectivity index (χ1v) is 41.3. The summed E-state index contributed by atoms with van der Waals surface area (Å²) in [4.78, 5) is 72.9. The number of allylic oxidation sites excluding steroid dienone is 33. The van der Waals surface area contributed by atoms with Crippen molar-refractivity contribution in [3.8, 4) is 0 Å². The summed E-state index contributed by atoms with van der Waals surface area (Å²) in [6.07, 6.45) is 92.9. The first kappa shape index (κ1) is 97.6. The van der Waals surface area contributed by atoms with Crippen molar-refractivity contribution in [3.63, 3.8) is 0 Å². The van der Waals surface area contributed by atoms with Crippen molar-refractivity contribution >= 4 is 39.5 Å². The molecule has 0 aliphatic carbocycles. The Hall–Kier alpha value is -6.36. The lowest BCUT2D eigenvalue weighted by Crippen LogP contribution is -2.30. The van der Waals surface area contributed by atoms with Gasteiger partial charge in [0, 0.05) is 19.3 Å². The lowest BCUT2D eigenvalue weighted by molar-refractivity contribution is -0.161. The fourth-order valence-corrected chi connectivity index (χ4v) is 10.7. The molecule has 584 valence electrons. The van der Waals surface area contributed by atoms with E-state index < -0.39 is 97.5 Å². The Morgan fingerprint density at radius 2 is 0.519 bits per heavy atom. The molecule has 0 aliphatic rings. The zero-order valence-corrected chi connectivity index (χ0v) is 65.4. The number of carbonyl (C=O) groups is 4. The standard InChI is InChI=1S/C85H132O17P2/c1-5-9-13-17-21-25-29-33-37-39-43-45-49-53-57-61-65-69-82(87)95-75-80(101-84(89)71-67-63-59-55-51-47-41-35-31-27-23-19-15-11-7-3)77-99-103(91,92)97-73-79(86)74-98-104(93,94)100-78-81(102-85(90)72-68-64-60-56-52-48-42-36-32-28-24-20-16-12-8-4)76-96-83(88)70-66-62-58-54-50-46-44-40-38-34-30-26-22-18-14-10-6-2/h9-16,21-28,33-38,41-43,45,51-53,55-57,64,68,79-81,86H,5-8,17-20,29-32,39-40,44,46-50,54,58-63,65-67,69-78H2,1-4H3,(H,91,92)(H,93,94)/b13-9-,14-10-,15-11-,16-12-,25-21-,26-22-,27-23-,28-24-,37-33-,38-34-,41-35-,42-36-,45-43-,55-51-,56-52-,57-53-,68-64-. The van der Waals surface area contributed by atoms with Crippen molar-refractivity contribution in [2.24, 2.45) is 0 Å². The van der Waals surface area contributed by atoms with Crippen molar-refractivity contribution in [2.45, 2.75) is 264 Å². The summed E-state index contributed by atoms with van der Waals surface area (Å²) in [5.41, 5.74) is 0. The highest BCUT2D eigenvalue weighted by molar-refractivity contribution is 7.47. The second-order valence-electron chi connectivity index (χ2n) is 24.4. The number of esters is 4. The molecule has 0 fully saturated rings. The van der Waals surface area contributed by atoms with E-state index in [1.807, 2.05) is 30.4 Å². The summed E-state index contributed by atoms with van der Waals surface area (Å²) in [6.45, 7) is 4.13. The van der Waals surface area contributed by atoms with Crippen LogP contribution < -0.4 is 0 Å². The van der Waals surface area contributed by atoms with Crippen LogP contribution >= 0.6 is 15.6 Å². The molecule has 5 atom stereocenters. The van der Waals surface area contributed by atoms with Crippen LogP contribution in [0.3, 0.4) is 0 Å². The Labute approximate surface area is 627 Å². The zero-order chi connectivity index (χ0) is 76.0. The second kappa shape index (κ2) is 74.9. The fraction of sp³-hybridized carbons (Fsp3) is 0.553. The van der Waals surface area contributed by atoms with Crippen molar-refractivity contribution in [1.82, 2.24) is 0 Å². The van der Waals surface area contributed by atoms with Gasteiger partial charge in [-0.2, -0.15) is 0 Å². The summed E-state index contributed by atoms with van der Waals surface area (Å²) in [5, 5.41) is 10.6. The first-order valence-electron chi connectivity index (χ1n) is 38.3. The van der Waals surface area contributed by atoms with Crippen molar-refractivity contribution in [1.29, 1.82) is 0 Å². The van der Waals surface area contributed by atoms with Gasteiger partial charge in [0.25, 0.3) is 0 Å². The highest BCUT2D eigenvalue weighted by atomic mass is 31.2. The van der Waals surface area contributed by atoms with Gasteiger partial charge in [-0.15, -0.1) is 0 Å². The third-order valence-corrected chi connectivity index (χ3v) is 16.7. The number of unbranched alkanes of at least 4 members (excludes halogenated alkanes) is 10. The van der Waals surface area contributed by atoms with Gasteiger partial charge in [0.2, 0.25) is 0 Å². The number of carbonyl (C=O) groups excluding carboxylic acids is 4. The highest BCUT2D eigenvalue weighted by Crippen LogP contribution is 2.45. The van der Waals surface area contributed by atoms with Crippen LogP contribution in [0, 0.1) is 0 Å². The van der Waals surface area contributed by atoms with Crippen molar-refractivity contribution < 1.29 is 80.2 Å². The average molecular weight is 1490 g/mol. The van der Waals surface area contributed by atoms with Crippen LogP contribution in [-0.2, 0) is 65.4 Å². The number of aliphatic hydroxyl groups excluding tert-OH is 1. The summed E-state index contributed by atoms with van der Waals surface area (Å²) in [6, 6.07) is 0. The molecule has 0 aromatic rings. The van der Waals surface area contributed by atoms with E-state index in [-0.39, 0.29) is 25.7 Å². The molecule has 0 saturated heterocycles. The third kappa shape index (κ3) is 73.9. The third-order valence-electron chi connectivity index (χ3n) is 14.8. The maximum atomic E-state index is 13.1. The molecule has 0 bridgehead atoms. The minimum Gasteiger partial charge on any atom is -0.462 e. The Morgan fingerprint density at radius 3 is 0.865 bits per heavy atom. The lowest BCUT2D eigenvalue weighted by Gasteiger charge is -2.21. The van der Waals surface area contributed by atoms with Crippen LogP contribution in [0.2, 0.25) is 0 Å². The van der Waals surface area contributed by atoms with Crippen LogP contribution in [0.15, 0.2) is 207 Å². The average Bonchev–Trinajstić information content (AvgIpc) is 0.937. The van der Waals surface area contributed by atoms with Gasteiger partial charge in [0.05, 0.1) is 32.8 Å². The molecule has 0 aliphatic heterocycles. The van der Waals surface area contributed by atoms with E-state index in [0.717, 1.165) is 154 Å². The number of hydrogen-bond acceptors (Lipinski definition) is 15. The van der Waals surface area contributed by atoms with E-state index in [1.54, 1.807) is 12.2 Å². The smallest absolute Gasteiger partial charge is 0.462 e. The first-order chi connectivity index (χ1) is 50.7. The summed E-state index contributed by atoms with van der Waals surface area (Å²) < 4.78 is 68.3. The SMILES string of the molecule is CC/C=C\C/C=C\C/C=C\C/C=C\C/C=C\CCCC(=O)OCC(COP(=O)(O)OCC(O)COP(=O)(O)OCC(COC(=O)CCCCCCCCC/C=C\C/C=C\C/C=C\CC)OC(=O)C/C=C\C/C=C\C/C=C\C/C=C\C/C=C\CC)OC(=O)CCCC/C=C\C/C=C\C/C=C\C/C=C\CC. The molecule has 5 unspecified atom stereocenters. The molecule has 0 spiro atoms. The van der Waals surface area contributed by atoms with Gasteiger partial charge in [-0.1, -0.05) is 266 Å². The predicted octanol–water partition coefficient (Wildman–Crippen LogP) is 22.3. The normalized spacial score (nSPS) is 15.0. The van der Waals surface area contributed by atoms with Crippen LogP contribution in [0.4, 0.5) is 0 Å². The second-order valence-corrected chi connectivity index (χ2v) is 27.3. The Bertz CT molecular complexity index is 2790. The molecule has 0 amide bonds. The van der Waals surface area contributed by atoms with Crippen LogP contribution in [-0.4, -0.2) is 96.7 Å². The van der Waals surface area contributed by atoms with Gasteiger partial charge >= 0.3 is 39.5 Å². The minimum absolute atomic E-state index is 0.0188. The van der Waals surface area contributed by atoms with Crippen molar-refractivity contribution in [3.05, 3.63) is 207 Å². The monoisotopic (exact) mass is 1490 g/mol. The Kier molecular flexibility index (Phi) is 70.3. The molecule has 17 nitrogen and oxygen atoms in total. The quantitative estimate of drug-likeness (QED) is 0.0169. The Balaban J connectivity index is 5.54. The van der Waals surface area contributed by atoms with E-state index >= 15 is 0 Å². The molecule has 0 rings (SSSR count). The number of rotatable bonds is 69. The molecule has 0 aromatic heterocycles. The summed E-state index contributed by atoms with van der Waals surface area (Å²) >= 11 is 0. The molecule has 0 aromatic carbocycles. The number of hydrogen-bond donors (Lipinski definition) is 3. The summed E-state index contributed by atoms with van der Waals surface area (Å²) in [5.74, 6) is -2.48. The fourth-order valence-electron chi connectivity index (χ4n) is 9.10. The van der Waals surface area contributed by atoms with Crippen molar-refractivity contribution in [2.75, 3.05) is 39.6 Å². The van der Waals surface area contributed by atoms with E-state index in [2.05, 4.69) is 192 Å². The van der Waals surface area contributed by atoms with E-state index in [0.29, 0.717) is 38.5 Å². The number of phosphoric acid groups is 2. The van der Waals surface area contributed by atoms with Crippen LogP contribution in [0.5, 0.6) is 0 Å². The van der Waals surface area contributed by atoms with Crippen LogP contribution in [0.25, 0.3) is 0 Å². The van der Waals surface area contributed by atoms with E-state index in [4.69, 9.17) is 37.0 Å². The minimum atomic E-state index is -5.02. The maximum Gasteiger partial charge on any atom is 0.472 e. The molecule has 0 heterocycles. The summed E-state index contributed by atoms with van der Waals surface area (Å²) in [7, 11) is -10.0. The van der Waals surface area contributed by atoms with E-state index in [9.17, 15) is 43.2 Å². The molecular weight excluding hydrogens is 1350 g/mol. The van der Waals surface area contributed by atoms with E-state index in [1.165, 1.54) is 0 Å². The largest absolute Gasteiger partial charge is 0.472 e. The van der Waals surface area contributed by atoms with Crippen LogP contribution in [0.1, 0.15) is 246 Å². The lowest BCUT2D eigenvalue weighted by atomic mass is 10.1. The van der Waals surface area contributed by atoms with Gasteiger partial charge in [0.1, 0.15) is 19.3 Å². The molecule has 19 heteroatoms. The van der Waals surface area contributed by atoms with Gasteiger partial charge < -0.3 is 33.8 Å². The molecule has 0 saturated carbocycles. The maximum absolute atomic E-state index is 13.1.